The van der Waals surface area contributed by atoms with Crippen LogP contribution in [-0.2, 0) is 10.0 Å². The summed E-state index contributed by atoms with van der Waals surface area (Å²) in [7, 11) is -3.51. The molecule has 1 aromatic carbocycles. The van der Waals surface area contributed by atoms with E-state index in [9.17, 15) is 8.42 Å². The molecular formula is C13H18N2O2S. The van der Waals surface area contributed by atoms with Gasteiger partial charge in [-0.05, 0) is 36.1 Å². The third-order valence-electron chi connectivity index (χ3n) is 2.39. The number of hydrogen-bond donors (Lipinski definition) is 1. The van der Waals surface area contributed by atoms with Crippen molar-refractivity contribution in [2.75, 3.05) is 6.54 Å². The molecule has 0 spiro atoms. The van der Waals surface area contributed by atoms with E-state index >= 15 is 0 Å². The smallest absolute Gasteiger partial charge is 0.211 e. The topological polar surface area (TPSA) is 70.0 Å². The number of nitrogens with zero attached hydrogens (tertiary/aromatic N) is 1. The highest BCUT2D eigenvalue weighted by atomic mass is 32.2. The highest BCUT2D eigenvalue weighted by Gasteiger charge is 2.20. The van der Waals surface area contributed by atoms with Crippen LogP contribution in [0.1, 0.15) is 31.9 Å². The Hall–Kier alpha value is -1.38. The van der Waals surface area contributed by atoms with Crippen LogP contribution in [0.5, 0.6) is 0 Å². The largest absolute Gasteiger partial charge is 0.240 e. The maximum atomic E-state index is 12.1. The van der Waals surface area contributed by atoms with Gasteiger partial charge >= 0.3 is 0 Å². The van der Waals surface area contributed by atoms with Crippen molar-refractivity contribution in [1.82, 2.24) is 4.72 Å². The van der Waals surface area contributed by atoms with Crippen LogP contribution >= 0.6 is 0 Å². The van der Waals surface area contributed by atoms with E-state index in [-0.39, 0.29) is 10.3 Å². The first-order chi connectivity index (χ1) is 8.15. The van der Waals surface area contributed by atoms with E-state index in [0.29, 0.717) is 17.7 Å². The molecule has 0 fully saturated rings. The van der Waals surface area contributed by atoms with E-state index < -0.39 is 10.0 Å². The van der Waals surface area contributed by atoms with Crippen molar-refractivity contribution in [2.24, 2.45) is 5.41 Å². The molecule has 18 heavy (non-hydrogen) atoms. The molecule has 0 bridgehead atoms. The molecule has 0 saturated carbocycles. The van der Waals surface area contributed by atoms with Gasteiger partial charge in [-0.15, -0.1) is 0 Å². The lowest BCUT2D eigenvalue weighted by Gasteiger charge is -2.19. The molecule has 0 amide bonds. The van der Waals surface area contributed by atoms with E-state index in [1.54, 1.807) is 13.0 Å². The van der Waals surface area contributed by atoms with Gasteiger partial charge in [0.15, 0.2) is 0 Å². The van der Waals surface area contributed by atoms with Crippen molar-refractivity contribution >= 4 is 10.0 Å². The number of hydrogen-bond acceptors (Lipinski definition) is 3. The van der Waals surface area contributed by atoms with Crippen molar-refractivity contribution in [2.45, 2.75) is 32.6 Å². The summed E-state index contributed by atoms with van der Waals surface area (Å²) in [6, 6.07) is 6.55. The van der Waals surface area contributed by atoms with Crippen LogP contribution in [0.3, 0.4) is 0 Å². The summed E-state index contributed by atoms with van der Waals surface area (Å²) >= 11 is 0. The van der Waals surface area contributed by atoms with E-state index in [1.165, 1.54) is 12.1 Å². The third-order valence-corrected chi connectivity index (χ3v) is 3.95. The Bertz CT molecular complexity index is 578. The van der Waals surface area contributed by atoms with Crippen molar-refractivity contribution < 1.29 is 8.42 Å². The molecular weight excluding hydrogens is 248 g/mol. The molecule has 0 aliphatic carbocycles. The molecule has 98 valence electrons. The first kappa shape index (κ1) is 14.7. The summed E-state index contributed by atoms with van der Waals surface area (Å²) in [5.41, 5.74) is 0.922. The SMILES string of the molecule is Cc1cc(C#N)ccc1S(=O)(=O)NCC(C)(C)C. The molecule has 5 heteroatoms. The highest BCUT2D eigenvalue weighted by molar-refractivity contribution is 7.89. The van der Waals surface area contributed by atoms with Gasteiger partial charge in [0.25, 0.3) is 0 Å². The van der Waals surface area contributed by atoms with Gasteiger partial charge in [0.1, 0.15) is 0 Å². The van der Waals surface area contributed by atoms with E-state index in [0.717, 1.165) is 0 Å². The van der Waals surface area contributed by atoms with Crippen molar-refractivity contribution in [3.8, 4) is 6.07 Å². The zero-order chi connectivity index (χ0) is 14.0. The molecule has 0 aliphatic rings. The van der Waals surface area contributed by atoms with Crippen LogP contribution in [-0.4, -0.2) is 15.0 Å². The minimum absolute atomic E-state index is 0.117. The van der Waals surface area contributed by atoms with Gasteiger partial charge in [0.05, 0.1) is 16.5 Å². The summed E-state index contributed by atoms with van der Waals surface area (Å²) in [5, 5.41) is 8.75. The lowest BCUT2D eigenvalue weighted by molar-refractivity contribution is 0.407. The monoisotopic (exact) mass is 266 g/mol. The number of benzene rings is 1. The molecule has 0 saturated heterocycles. The quantitative estimate of drug-likeness (QED) is 0.911. The molecule has 0 aromatic heterocycles. The predicted octanol–water partition coefficient (Wildman–Crippen LogP) is 2.19. The second-order valence-corrected chi connectivity index (χ2v) is 7.21. The molecule has 0 aliphatic heterocycles. The Morgan fingerprint density at radius 1 is 1.33 bits per heavy atom. The summed E-state index contributed by atoms with van der Waals surface area (Å²) in [4.78, 5) is 0.228. The maximum absolute atomic E-state index is 12.1. The summed E-state index contributed by atoms with van der Waals surface area (Å²) in [5.74, 6) is 0. The summed E-state index contributed by atoms with van der Waals surface area (Å²) in [6.07, 6.45) is 0. The van der Waals surface area contributed by atoms with Crippen molar-refractivity contribution in [1.29, 1.82) is 5.26 Å². The number of rotatable bonds is 3. The summed E-state index contributed by atoms with van der Waals surface area (Å²) in [6.45, 7) is 7.94. The van der Waals surface area contributed by atoms with Gasteiger partial charge in [0.2, 0.25) is 10.0 Å². The molecule has 0 radical (unpaired) electrons. The molecule has 0 heterocycles. The zero-order valence-electron chi connectivity index (χ0n) is 11.1. The van der Waals surface area contributed by atoms with Crippen LogP contribution in [0.2, 0.25) is 0 Å². The third kappa shape index (κ3) is 3.83. The highest BCUT2D eigenvalue weighted by Crippen LogP contribution is 2.18. The van der Waals surface area contributed by atoms with Crippen LogP contribution in [0.4, 0.5) is 0 Å². The number of sulfonamides is 1. The van der Waals surface area contributed by atoms with E-state index in [4.69, 9.17) is 5.26 Å². The van der Waals surface area contributed by atoms with Gasteiger partial charge in [-0.3, -0.25) is 0 Å². The minimum Gasteiger partial charge on any atom is -0.211 e. The Morgan fingerprint density at radius 3 is 2.39 bits per heavy atom. The van der Waals surface area contributed by atoms with Gasteiger partial charge < -0.3 is 0 Å². The Labute approximate surface area is 109 Å². The first-order valence-electron chi connectivity index (χ1n) is 5.66. The average Bonchev–Trinajstić information content (AvgIpc) is 2.25. The van der Waals surface area contributed by atoms with Crippen LogP contribution in [0.15, 0.2) is 23.1 Å². The fourth-order valence-electron chi connectivity index (χ4n) is 1.41. The zero-order valence-corrected chi connectivity index (χ0v) is 11.9. The average molecular weight is 266 g/mol. The molecule has 1 aromatic rings. The number of aryl methyl sites for hydroxylation is 1. The van der Waals surface area contributed by atoms with E-state index in [1.807, 2.05) is 26.8 Å². The molecule has 0 unspecified atom stereocenters. The van der Waals surface area contributed by atoms with Gasteiger partial charge in [-0.2, -0.15) is 5.26 Å². The van der Waals surface area contributed by atoms with E-state index in [2.05, 4.69) is 4.72 Å². The lowest BCUT2D eigenvalue weighted by atomic mass is 9.98. The van der Waals surface area contributed by atoms with Gasteiger partial charge in [0, 0.05) is 6.54 Å². The van der Waals surface area contributed by atoms with Crippen LogP contribution in [0, 0.1) is 23.7 Å². The molecule has 0 atom stereocenters. The van der Waals surface area contributed by atoms with Crippen molar-refractivity contribution in [3.05, 3.63) is 29.3 Å². The second-order valence-electron chi connectivity index (χ2n) is 5.48. The van der Waals surface area contributed by atoms with Gasteiger partial charge in [-0.25, -0.2) is 13.1 Å². The maximum Gasteiger partial charge on any atom is 0.240 e. The normalized spacial score (nSPS) is 12.2. The lowest BCUT2D eigenvalue weighted by Crippen LogP contribution is -2.32. The standard InChI is InChI=1S/C13H18N2O2S/c1-10-7-11(8-14)5-6-12(10)18(16,17)15-9-13(2,3)4/h5-7,15H,9H2,1-4H3. The van der Waals surface area contributed by atoms with Crippen molar-refractivity contribution in [3.63, 3.8) is 0 Å². The van der Waals surface area contributed by atoms with Gasteiger partial charge in [-0.1, -0.05) is 20.8 Å². The second kappa shape index (κ2) is 5.09. The minimum atomic E-state index is -3.51. The molecule has 4 nitrogen and oxygen atoms in total. The summed E-state index contributed by atoms with van der Waals surface area (Å²) < 4.78 is 26.8. The number of nitriles is 1. The first-order valence-corrected chi connectivity index (χ1v) is 7.14. The Kier molecular flexibility index (Phi) is 4.15. The molecule has 1 rings (SSSR count). The predicted molar refractivity (Wildman–Crippen MR) is 70.5 cm³/mol. The Morgan fingerprint density at radius 2 is 1.94 bits per heavy atom. The van der Waals surface area contributed by atoms with Crippen LogP contribution in [0.25, 0.3) is 0 Å². The fourth-order valence-corrected chi connectivity index (χ4v) is 2.92. The molecule has 1 N–H and O–H groups in total. The number of nitrogens with one attached hydrogen (secondary N) is 1. The van der Waals surface area contributed by atoms with Crippen LogP contribution < -0.4 is 4.72 Å². The fraction of sp³-hybridized carbons (Fsp3) is 0.462. The Balaban J connectivity index is 3.03.